The van der Waals surface area contributed by atoms with Gasteiger partial charge in [0.1, 0.15) is 12.4 Å². The van der Waals surface area contributed by atoms with Gasteiger partial charge in [-0.2, -0.15) is 0 Å². The highest BCUT2D eigenvalue weighted by molar-refractivity contribution is 7.92. The van der Waals surface area contributed by atoms with E-state index in [-0.39, 0.29) is 25.2 Å². The van der Waals surface area contributed by atoms with Crippen LogP contribution in [0.3, 0.4) is 0 Å². The van der Waals surface area contributed by atoms with Crippen molar-refractivity contribution in [2.45, 2.75) is 13.0 Å². The number of methoxy groups -OCH3 is 1. The van der Waals surface area contributed by atoms with Gasteiger partial charge in [0.15, 0.2) is 18.1 Å². The Balaban J connectivity index is 1.79. The fourth-order valence-electron chi connectivity index (χ4n) is 2.40. The Labute approximate surface area is 171 Å². The molecule has 9 heteroatoms. The molecule has 0 saturated heterocycles. The molecular weight excluding hydrogens is 396 g/mol. The van der Waals surface area contributed by atoms with Crippen LogP contribution in [0, 0.1) is 0 Å². The van der Waals surface area contributed by atoms with E-state index in [2.05, 4.69) is 5.32 Å². The van der Waals surface area contributed by atoms with Crippen LogP contribution < -0.4 is 23.8 Å². The second-order valence-electron chi connectivity index (χ2n) is 6.44. The molecule has 2 aromatic rings. The molecule has 1 atom stereocenters. The zero-order valence-corrected chi connectivity index (χ0v) is 17.7. The summed E-state index contributed by atoms with van der Waals surface area (Å²) in [6.07, 6.45) is 1.13. The molecule has 0 aromatic heterocycles. The number of hydrogen-bond donors (Lipinski definition) is 1. The number of carbonyl (C=O) groups excluding carboxylic acids is 1. The second kappa shape index (κ2) is 10.0. The summed E-state index contributed by atoms with van der Waals surface area (Å²) in [6, 6.07) is 13.5. The number of benzene rings is 2. The number of rotatable bonds is 10. The predicted molar refractivity (Wildman–Crippen MR) is 111 cm³/mol. The molecule has 1 amide bonds. The van der Waals surface area contributed by atoms with Crippen molar-refractivity contribution in [2.75, 3.05) is 37.9 Å². The Kier molecular flexibility index (Phi) is 7.72. The largest absolute Gasteiger partial charge is 0.493 e. The van der Waals surface area contributed by atoms with Gasteiger partial charge in [0, 0.05) is 7.05 Å². The van der Waals surface area contributed by atoms with Crippen molar-refractivity contribution in [2.24, 2.45) is 0 Å². The Morgan fingerprint density at radius 3 is 2.28 bits per heavy atom. The lowest BCUT2D eigenvalue weighted by molar-refractivity contribution is -0.123. The summed E-state index contributed by atoms with van der Waals surface area (Å²) in [7, 11) is -0.298. The van der Waals surface area contributed by atoms with Crippen LogP contribution in [0.25, 0.3) is 0 Å². The minimum absolute atomic E-state index is 0.166. The lowest BCUT2D eigenvalue weighted by Crippen LogP contribution is -2.39. The van der Waals surface area contributed by atoms with Crippen molar-refractivity contribution in [1.82, 2.24) is 5.32 Å². The third kappa shape index (κ3) is 6.86. The smallest absolute Gasteiger partial charge is 0.258 e. The van der Waals surface area contributed by atoms with Crippen LogP contribution in [-0.4, -0.2) is 54.0 Å². The maximum atomic E-state index is 12.1. The molecule has 0 aliphatic heterocycles. The molecule has 29 heavy (non-hydrogen) atoms. The first-order valence-electron chi connectivity index (χ1n) is 8.92. The van der Waals surface area contributed by atoms with E-state index in [1.165, 1.54) is 7.05 Å². The highest BCUT2D eigenvalue weighted by Gasteiger charge is 2.13. The van der Waals surface area contributed by atoms with Gasteiger partial charge >= 0.3 is 0 Å². The first-order chi connectivity index (χ1) is 13.7. The molecule has 1 N–H and O–H groups in total. The predicted octanol–water partition coefficient (Wildman–Crippen LogP) is 2.05. The Morgan fingerprint density at radius 1 is 1.07 bits per heavy atom. The number of hydrogen-bond acceptors (Lipinski definition) is 6. The van der Waals surface area contributed by atoms with E-state index in [0.29, 0.717) is 22.9 Å². The highest BCUT2D eigenvalue weighted by atomic mass is 32.2. The lowest BCUT2D eigenvalue weighted by Gasteiger charge is -2.17. The average molecular weight is 423 g/mol. The molecule has 0 fully saturated rings. The molecule has 0 radical (unpaired) electrons. The van der Waals surface area contributed by atoms with Gasteiger partial charge in [0.05, 0.1) is 25.1 Å². The van der Waals surface area contributed by atoms with E-state index in [0.717, 1.165) is 10.6 Å². The van der Waals surface area contributed by atoms with E-state index >= 15 is 0 Å². The average Bonchev–Trinajstić information content (AvgIpc) is 2.70. The maximum absolute atomic E-state index is 12.1. The van der Waals surface area contributed by atoms with Gasteiger partial charge in [-0.15, -0.1) is 0 Å². The molecule has 0 saturated carbocycles. The normalized spacial score (nSPS) is 12.0. The lowest BCUT2D eigenvalue weighted by atomic mass is 10.3. The molecule has 2 aromatic carbocycles. The Bertz CT molecular complexity index is 915. The van der Waals surface area contributed by atoms with Crippen LogP contribution in [0.4, 0.5) is 5.69 Å². The molecule has 0 bridgehead atoms. The van der Waals surface area contributed by atoms with Gasteiger partial charge in [-0.3, -0.25) is 9.10 Å². The van der Waals surface area contributed by atoms with Gasteiger partial charge in [0.2, 0.25) is 10.0 Å². The molecule has 2 rings (SSSR count). The van der Waals surface area contributed by atoms with Crippen LogP contribution in [0.15, 0.2) is 48.5 Å². The van der Waals surface area contributed by atoms with Crippen LogP contribution in [0.2, 0.25) is 0 Å². The van der Waals surface area contributed by atoms with E-state index in [4.69, 9.17) is 14.2 Å². The summed E-state index contributed by atoms with van der Waals surface area (Å²) in [4.78, 5) is 12.1. The van der Waals surface area contributed by atoms with Crippen molar-refractivity contribution in [3.05, 3.63) is 48.5 Å². The number of para-hydroxylation sites is 2. The fourth-order valence-corrected chi connectivity index (χ4v) is 2.91. The fraction of sp³-hybridized carbons (Fsp3) is 0.350. The minimum atomic E-state index is -3.33. The molecular formula is C20H26N2O6S. The van der Waals surface area contributed by atoms with E-state index in [1.54, 1.807) is 43.5 Å². The van der Waals surface area contributed by atoms with Crippen molar-refractivity contribution < 1.29 is 27.4 Å². The van der Waals surface area contributed by atoms with Crippen molar-refractivity contribution >= 4 is 21.6 Å². The van der Waals surface area contributed by atoms with Crippen LogP contribution in [0.5, 0.6) is 17.2 Å². The van der Waals surface area contributed by atoms with E-state index in [9.17, 15) is 13.2 Å². The van der Waals surface area contributed by atoms with Gasteiger partial charge in [-0.1, -0.05) is 12.1 Å². The number of sulfonamides is 1. The standard InChI is InChI=1S/C20H26N2O6S/c1-15(13-28-19-8-6-5-7-18(19)26-3)21-20(23)14-27-17-11-9-16(10-12-17)22(2)29(4,24)25/h5-12,15H,13-14H2,1-4H3,(H,21,23)/t15-/m1/s1. The van der Waals surface area contributed by atoms with Crippen molar-refractivity contribution in [3.8, 4) is 17.2 Å². The van der Waals surface area contributed by atoms with Crippen LogP contribution in [-0.2, 0) is 14.8 Å². The number of amides is 1. The van der Waals surface area contributed by atoms with E-state index < -0.39 is 10.0 Å². The number of ether oxygens (including phenoxy) is 3. The molecule has 158 valence electrons. The first kappa shape index (κ1) is 22.4. The van der Waals surface area contributed by atoms with Gasteiger partial charge in [-0.05, 0) is 43.3 Å². The Morgan fingerprint density at radius 2 is 1.69 bits per heavy atom. The summed E-state index contributed by atoms with van der Waals surface area (Å²) in [5.74, 6) is 1.40. The summed E-state index contributed by atoms with van der Waals surface area (Å²) < 4.78 is 40.6. The summed E-state index contributed by atoms with van der Waals surface area (Å²) in [5.41, 5.74) is 0.506. The second-order valence-corrected chi connectivity index (χ2v) is 8.46. The third-order valence-electron chi connectivity index (χ3n) is 4.03. The SMILES string of the molecule is COc1ccccc1OC[C@@H](C)NC(=O)COc1ccc(N(C)S(C)(=O)=O)cc1. The molecule has 0 unspecified atom stereocenters. The molecule has 0 spiro atoms. The number of carbonyl (C=O) groups is 1. The van der Waals surface area contributed by atoms with Gasteiger partial charge < -0.3 is 19.5 Å². The van der Waals surface area contributed by atoms with Crippen LogP contribution in [0.1, 0.15) is 6.92 Å². The summed E-state index contributed by atoms with van der Waals surface area (Å²) in [5, 5.41) is 2.79. The monoisotopic (exact) mass is 422 g/mol. The molecule has 0 aliphatic carbocycles. The van der Waals surface area contributed by atoms with Crippen molar-refractivity contribution in [3.63, 3.8) is 0 Å². The number of nitrogens with one attached hydrogen (secondary N) is 1. The van der Waals surface area contributed by atoms with Gasteiger partial charge in [-0.25, -0.2) is 8.42 Å². The zero-order valence-electron chi connectivity index (χ0n) is 16.9. The number of anilines is 1. The first-order valence-corrected chi connectivity index (χ1v) is 10.8. The van der Waals surface area contributed by atoms with Crippen LogP contribution >= 0.6 is 0 Å². The summed E-state index contributed by atoms with van der Waals surface area (Å²) in [6.45, 7) is 1.93. The number of nitrogens with zero attached hydrogens (tertiary/aromatic N) is 1. The van der Waals surface area contributed by atoms with E-state index in [1.807, 2.05) is 19.1 Å². The molecule has 0 aliphatic rings. The minimum Gasteiger partial charge on any atom is -0.493 e. The maximum Gasteiger partial charge on any atom is 0.258 e. The summed E-state index contributed by atoms with van der Waals surface area (Å²) >= 11 is 0. The Hall–Kier alpha value is -2.94. The molecule has 0 heterocycles. The van der Waals surface area contributed by atoms with Crippen molar-refractivity contribution in [1.29, 1.82) is 0 Å². The van der Waals surface area contributed by atoms with Gasteiger partial charge in [0.25, 0.3) is 5.91 Å². The topological polar surface area (TPSA) is 94.2 Å². The third-order valence-corrected chi connectivity index (χ3v) is 5.24. The molecule has 8 nitrogen and oxygen atoms in total. The highest BCUT2D eigenvalue weighted by Crippen LogP contribution is 2.25. The quantitative estimate of drug-likeness (QED) is 0.630. The zero-order chi connectivity index (χ0) is 21.4.